The monoisotopic (exact) mass is 745 g/mol. The quantitative estimate of drug-likeness (QED) is 0.176. The zero-order chi connectivity index (χ0) is 37.5. The number of rotatable bonds is 5. The van der Waals surface area contributed by atoms with Gasteiger partial charge in [0.2, 0.25) is 5.95 Å². The maximum Gasteiger partial charge on any atom is 0.238 e. The highest BCUT2D eigenvalue weighted by atomic mass is 32.1. The summed E-state index contributed by atoms with van der Waals surface area (Å²) in [7, 11) is 0. The highest BCUT2D eigenvalue weighted by Crippen LogP contribution is 2.39. The average Bonchev–Trinajstić information content (AvgIpc) is 3.94. The second-order valence-corrected chi connectivity index (χ2v) is 15.5. The summed E-state index contributed by atoms with van der Waals surface area (Å²) in [6.45, 7) is 0. The van der Waals surface area contributed by atoms with E-state index in [0.717, 1.165) is 60.8 Å². The summed E-state index contributed by atoms with van der Waals surface area (Å²) in [6, 6.07) is 66.7. The first-order chi connectivity index (χ1) is 28.3. The van der Waals surface area contributed by atoms with Crippen molar-refractivity contribution < 1.29 is 0 Å². The van der Waals surface area contributed by atoms with E-state index in [0.29, 0.717) is 17.6 Å². The minimum absolute atomic E-state index is 0.569. The summed E-state index contributed by atoms with van der Waals surface area (Å²) in [6.07, 6.45) is 0. The molecule has 0 unspecified atom stereocenters. The first-order valence-electron chi connectivity index (χ1n) is 19.1. The molecule has 6 heteroatoms. The first kappa shape index (κ1) is 31.9. The summed E-state index contributed by atoms with van der Waals surface area (Å²) >= 11 is 1.80. The van der Waals surface area contributed by atoms with Crippen LogP contribution in [0.25, 0.3) is 109 Å². The van der Waals surface area contributed by atoms with E-state index in [1.165, 1.54) is 30.9 Å². The third-order valence-corrected chi connectivity index (χ3v) is 12.3. The van der Waals surface area contributed by atoms with Crippen LogP contribution in [0.5, 0.6) is 0 Å². The third-order valence-electron chi connectivity index (χ3n) is 11.2. The molecule has 5 nitrogen and oxygen atoms in total. The molecule has 12 rings (SSSR count). The normalized spacial score (nSPS) is 11.9. The molecule has 0 spiro atoms. The maximum absolute atomic E-state index is 5.43. The van der Waals surface area contributed by atoms with Gasteiger partial charge in [-0.3, -0.25) is 4.57 Å². The van der Waals surface area contributed by atoms with E-state index in [9.17, 15) is 0 Å². The summed E-state index contributed by atoms with van der Waals surface area (Å²) in [5.74, 6) is 1.80. The Morgan fingerprint density at radius 2 is 0.877 bits per heavy atom. The van der Waals surface area contributed by atoms with Crippen LogP contribution in [0.1, 0.15) is 0 Å². The molecule has 0 amide bonds. The van der Waals surface area contributed by atoms with Crippen molar-refractivity contribution in [1.29, 1.82) is 0 Å². The number of thiophene rings is 1. The van der Waals surface area contributed by atoms with Gasteiger partial charge in [0.25, 0.3) is 0 Å². The highest BCUT2D eigenvalue weighted by molar-refractivity contribution is 7.25. The van der Waals surface area contributed by atoms with Crippen molar-refractivity contribution >= 4 is 75.1 Å². The molecule has 0 fully saturated rings. The minimum Gasteiger partial charge on any atom is -0.309 e. The van der Waals surface area contributed by atoms with Crippen molar-refractivity contribution in [2.24, 2.45) is 0 Å². The topological polar surface area (TPSA) is 48.5 Å². The van der Waals surface area contributed by atoms with Gasteiger partial charge in [-0.05, 0) is 59.7 Å². The lowest BCUT2D eigenvalue weighted by atomic mass is 10.0. The highest BCUT2D eigenvalue weighted by Gasteiger charge is 2.22. The number of hydrogen-bond acceptors (Lipinski definition) is 4. The summed E-state index contributed by atoms with van der Waals surface area (Å²) in [4.78, 5) is 16.2. The average molecular weight is 746 g/mol. The van der Waals surface area contributed by atoms with Crippen LogP contribution in [0.4, 0.5) is 0 Å². The molecule has 8 aromatic carbocycles. The molecule has 0 aliphatic heterocycles. The van der Waals surface area contributed by atoms with Gasteiger partial charge >= 0.3 is 0 Å². The Morgan fingerprint density at radius 3 is 1.63 bits per heavy atom. The molecule has 0 saturated carbocycles. The Hall–Kier alpha value is -7.41. The van der Waals surface area contributed by atoms with E-state index in [1.807, 2.05) is 0 Å². The second-order valence-electron chi connectivity index (χ2n) is 14.4. The van der Waals surface area contributed by atoms with Crippen LogP contribution in [0, 0.1) is 0 Å². The molecule has 0 N–H and O–H groups in total. The Labute approximate surface area is 331 Å². The molecule has 266 valence electrons. The van der Waals surface area contributed by atoms with Crippen molar-refractivity contribution in [3.05, 3.63) is 188 Å². The summed E-state index contributed by atoms with van der Waals surface area (Å²) in [5, 5.41) is 7.20. The molecule has 0 aliphatic carbocycles. The van der Waals surface area contributed by atoms with Gasteiger partial charge in [0.1, 0.15) is 0 Å². The van der Waals surface area contributed by atoms with Gasteiger partial charge in [-0.15, -0.1) is 11.3 Å². The lowest BCUT2D eigenvalue weighted by molar-refractivity contribution is 0.952. The molecule has 4 heterocycles. The molecule has 0 saturated heterocycles. The van der Waals surface area contributed by atoms with E-state index >= 15 is 0 Å². The van der Waals surface area contributed by atoms with Crippen molar-refractivity contribution in [2.45, 2.75) is 0 Å². The van der Waals surface area contributed by atoms with Gasteiger partial charge in [-0.25, -0.2) is 4.98 Å². The number of fused-ring (bicyclic) bond motifs is 9. The van der Waals surface area contributed by atoms with E-state index in [1.54, 1.807) is 11.3 Å². The van der Waals surface area contributed by atoms with Gasteiger partial charge in [-0.2, -0.15) is 9.97 Å². The van der Waals surface area contributed by atoms with E-state index in [-0.39, 0.29) is 0 Å². The van der Waals surface area contributed by atoms with Crippen LogP contribution in [-0.4, -0.2) is 24.1 Å². The lowest BCUT2D eigenvalue weighted by Gasteiger charge is -2.15. The van der Waals surface area contributed by atoms with Gasteiger partial charge in [0.05, 0.1) is 27.8 Å². The second kappa shape index (κ2) is 12.6. The first-order valence-corrected chi connectivity index (χ1v) is 19.9. The van der Waals surface area contributed by atoms with Gasteiger partial charge < -0.3 is 4.57 Å². The van der Waals surface area contributed by atoms with Crippen molar-refractivity contribution in [1.82, 2.24) is 24.1 Å². The van der Waals surface area contributed by atoms with E-state index < -0.39 is 0 Å². The maximum atomic E-state index is 5.43. The number of aromatic nitrogens is 5. The molecule has 4 aromatic heterocycles. The van der Waals surface area contributed by atoms with Crippen LogP contribution in [0.3, 0.4) is 0 Å². The fraction of sp³-hybridized carbons (Fsp3) is 0. The van der Waals surface area contributed by atoms with Crippen LogP contribution < -0.4 is 0 Å². The van der Waals surface area contributed by atoms with Crippen LogP contribution in [0.15, 0.2) is 188 Å². The SMILES string of the molecule is c1ccc(-c2ccc3c4ccccc4n(-c4nc(-c5ccc6c(c5)sc5ccccc56)nc(-c5ccccc5-n5c6ccccc6c6ccccc65)n4)c3c2)cc1. The standard InChI is InChI=1S/C51H31N5S/c1-2-14-32(15-3-1)33-26-28-38-37-18-6-11-23-44(37)56(46(38)30-33)51-53-49(34-27-29-40-39-19-8-13-25-47(39)57-48(40)31-34)52-50(54-51)41-20-7-12-24-45(41)55-42-21-9-4-16-35(42)36-17-5-10-22-43(36)55/h1-31H. The van der Waals surface area contributed by atoms with Crippen LogP contribution in [-0.2, 0) is 0 Å². The van der Waals surface area contributed by atoms with Gasteiger partial charge in [0.15, 0.2) is 11.6 Å². The zero-order valence-corrected chi connectivity index (χ0v) is 31.4. The fourth-order valence-corrected chi connectivity index (χ4v) is 9.76. The summed E-state index contributed by atoms with van der Waals surface area (Å²) < 4.78 is 7.03. The molecule has 57 heavy (non-hydrogen) atoms. The largest absolute Gasteiger partial charge is 0.309 e. The smallest absolute Gasteiger partial charge is 0.238 e. The lowest BCUT2D eigenvalue weighted by Crippen LogP contribution is -2.07. The minimum atomic E-state index is 0.569. The Kier molecular flexibility index (Phi) is 7.03. The van der Waals surface area contributed by atoms with Crippen LogP contribution >= 0.6 is 11.3 Å². The van der Waals surface area contributed by atoms with E-state index in [4.69, 9.17) is 15.0 Å². The number of benzene rings is 8. The number of hydrogen-bond donors (Lipinski definition) is 0. The number of nitrogens with zero attached hydrogens (tertiary/aromatic N) is 5. The Balaban J connectivity index is 1.15. The summed E-state index contributed by atoms with van der Waals surface area (Å²) in [5.41, 5.74) is 9.50. The predicted octanol–water partition coefficient (Wildman–Crippen LogP) is 13.4. The van der Waals surface area contributed by atoms with Gasteiger partial charge in [-0.1, -0.05) is 140 Å². The van der Waals surface area contributed by atoms with Crippen molar-refractivity contribution in [3.8, 4) is 45.5 Å². The van der Waals surface area contributed by atoms with Crippen molar-refractivity contribution in [3.63, 3.8) is 0 Å². The zero-order valence-electron chi connectivity index (χ0n) is 30.5. The molecule has 0 bridgehead atoms. The third kappa shape index (κ3) is 4.98. The molecular weight excluding hydrogens is 715 g/mol. The fourth-order valence-electron chi connectivity index (χ4n) is 8.62. The number of para-hydroxylation sites is 4. The van der Waals surface area contributed by atoms with Crippen LogP contribution in [0.2, 0.25) is 0 Å². The van der Waals surface area contributed by atoms with Crippen molar-refractivity contribution in [2.75, 3.05) is 0 Å². The Bertz CT molecular complexity index is 3490. The van der Waals surface area contributed by atoms with E-state index in [2.05, 4.69) is 197 Å². The molecular formula is C51H31N5S. The molecule has 0 aliphatic rings. The predicted molar refractivity (Wildman–Crippen MR) is 238 cm³/mol. The molecule has 0 radical (unpaired) electrons. The molecule has 0 atom stereocenters. The Morgan fingerprint density at radius 1 is 0.333 bits per heavy atom. The molecule has 12 aromatic rings. The van der Waals surface area contributed by atoms with Gasteiger partial charge in [0, 0.05) is 52.8 Å².